The molecule has 0 aliphatic heterocycles. The first-order chi connectivity index (χ1) is 8.60. The molecule has 0 N–H and O–H groups in total. The summed E-state index contributed by atoms with van der Waals surface area (Å²) in [5, 5.41) is 0. The fourth-order valence-electron chi connectivity index (χ4n) is 1.67. The molecule has 1 rings (SSSR count). The highest BCUT2D eigenvalue weighted by Crippen LogP contribution is 2.13. The van der Waals surface area contributed by atoms with Gasteiger partial charge in [-0.25, -0.2) is 9.97 Å². The van der Waals surface area contributed by atoms with E-state index in [1.807, 2.05) is 31.7 Å². The third kappa shape index (κ3) is 3.98. The van der Waals surface area contributed by atoms with Crippen LogP contribution in [0.25, 0.3) is 0 Å². The van der Waals surface area contributed by atoms with E-state index in [9.17, 15) is 4.79 Å². The summed E-state index contributed by atoms with van der Waals surface area (Å²) in [6.07, 6.45) is 0.854. The lowest BCUT2D eigenvalue weighted by molar-refractivity contribution is -0.141. The van der Waals surface area contributed by atoms with Crippen LogP contribution in [0.1, 0.15) is 32.3 Å². The van der Waals surface area contributed by atoms with Crippen molar-refractivity contribution in [3.63, 3.8) is 0 Å². The molecule has 0 saturated carbocycles. The van der Waals surface area contributed by atoms with E-state index in [0.29, 0.717) is 13.2 Å². The summed E-state index contributed by atoms with van der Waals surface area (Å²) in [4.78, 5) is 22.1. The van der Waals surface area contributed by atoms with Gasteiger partial charge in [0.2, 0.25) is 0 Å². The van der Waals surface area contributed by atoms with Crippen LogP contribution >= 0.6 is 0 Å². The quantitative estimate of drug-likeness (QED) is 0.721. The monoisotopic (exact) mass is 251 g/mol. The molecule has 1 aromatic rings. The summed E-state index contributed by atoms with van der Waals surface area (Å²) in [7, 11) is 0. The van der Waals surface area contributed by atoms with Gasteiger partial charge in [0.25, 0.3) is 0 Å². The lowest BCUT2D eigenvalue weighted by Gasteiger charge is -2.21. The molecule has 0 unspecified atom stereocenters. The molecule has 5 heteroatoms. The van der Waals surface area contributed by atoms with Crippen LogP contribution < -0.4 is 4.90 Å². The molecule has 100 valence electrons. The SMILES string of the molecule is CCOC(=O)CN(CC)c1cc(CC)nc(C)n1. The molecule has 0 aliphatic carbocycles. The largest absolute Gasteiger partial charge is 0.465 e. The Labute approximate surface area is 108 Å². The molecule has 0 aliphatic rings. The smallest absolute Gasteiger partial charge is 0.325 e. The van der Waals surface area contributed by atoms with E-state index >= 15 is 0 Å². The molecule has 1 aromatic heterocycles. The molecule has 5 nitrogen and oxygen atoms in total. The number of hydrogen-bond acceptors (Lipinski definition) is 5. The Bertz CT molecular complexity index is 407. The predicted octanol–water partition coefficient (Wildman–Crippen LogP) is 1.74. The normalized spacial score (nSPS) is 10.2. The van der Waals surface area contributed by atoms with Crippen molar-refractivity contribution in [1.29, 1.82) is 0 Å². The molecule has 18 heavy (non-hydrogen) atoms. The molecular formula is C13H21N3O2. The van der Waals surface area contributed by atoms with Crippen LogP contribution in [0.4, 0.5) is 5.82 Å². The number of rotatable bonds is 6. The van der Waals surface area contributed by atoms with Gasteiger partial charge in [-0.15, -0.1) is 0 Å². The van der Waals surface area contributed by atoms with E-state index in [1.54, 1.807) is 6.92 Å². The number of nitrogens with zero attached hydrogens (tertiary/aromatic N) is 3. The van der Waals surface area contributed by atoms with Crippen molar-refractivity contribution in [2.24, 2.45) is 0 Å². The average molecular weight is 251 g/mol. The van der Waals surface area contributed by atoms with Crippen molar-refractivity contribution in [3.8, 4) is 0 Å². The van der Waals surface area contributed by atoms with Crippen molar-refractivity contribution in [2.45, 2.75) is 34.1 Å². The first kappa shape index (κ1) is 14.4. The highest BCUT2D eigenvalue weighted by molar-refractivity contribution is 5.75. The average Bonchev–Trinajstić information content (AvgIpc) is 2.35. The van der Waals surface area contributed by atoms with Gasteiger partial charge in [0.1, 0.15) is 18.2 Å². The number of anilines is 1. The van der Waals surface area contributed by atoms with Gasteiger partial charge in [-0.2, -0.15) is 0 Å². The number of aryl methyl sites for hydroxylation is 2. The molecule has 0 bridgehead atoms. The first-order valence-corrected chi connectivity index (χ1v) is 6.35. The minimum Gasteiger partial charge on any atom is -0.465 e. The Balaban J connectivity index is 2.87. The minimum atomic E-state index is -0.228. The Morgan fingerprint density at radius 1 is 1.33 bits per heavy atom. The lowest BCUT2D eigenvalue weighted by Crippen LogP contribution is -2.31. The second kappa shape index (κ2) is 6.93. The third-order valence-electron chi connectivity index (χ3n) is 2.57. The summed E-state index contributed by atoms with van der Waals surface area (Å²) in [6, 6.07) is 1.93. The molecule has 0 amide bonds. The van der Waals surface area contributed by atoms with Gasteiger partial charge in [-0.05, 0) is 27.2 Å². The molecule has 1 heterocycles. The maximum absolute atomic E-state index is 11.5. The molecule has 0 radical (unpaired) electrons. The van der Waals surface area contributed by atoms with Crippen LogP contribution in [0.2, 0.25) is 0 Å². The number of hydrogen-bond donors (Lipinski definition) is 0. The maximum atomic E-state index is 11.5. The van der Waals surface area contributed by atoms with Gasteiger partial charge in [0.05, 0.1) is 6.61 Å². The van der Waals surface area contributed by atoms with Crippen molar-refractivity contribution in [3.05, 3.63) is 17.6 Å². The van der Waals surface area contributed by atoms with Gasteiger partial charge >= 0.3 is 5.97 Å². The number of likely N-dealkylation sites (N-methyl/N-ethyl adjacent to an activating group) is 1. The number of esters is 1. The third-order valence-corrected chi connectivity index (χ3v) is 2.57. The highest BCUT2D eigenvalue weighted by atomic mass is 16.5. The molecule has 0 atom stereocenters. The Morgan fingerprint density at radius 2 is 2.06 bits per heavy atom. The Morgan fingerprint density at radius 3 is 2.61 bits per heavy atom. The van der Waals surface area contributed by atoms with E-state index in [0.717, 1.165) is 23.8 Å². The van der Waals surface area contributed by atoms with Gasteiger partial charge in [-0.1, -0.05) is 6.92 Å². The van der Waals surface area contributed by atoms with E-state index in [-0.39, 0.29) is 12.5 Å². The van der Waals surface area contributed by atoms with Crippen LogP contribution in [-0.2, 0) is 16.0 Å². The second-order valence-electron chi connectivity index (χ2n) is 3.94. The zero-order chi connectivity index (χ0) is 13.5. The van der Waals surface area contributed by atoms with Crippen LogP contribution in [0.5, 0.6) is 0 Å². The zero-order valence-electron chi connectivity index (χ0n) is 11.6. The van der Waals surface area contributed by atoms with Crippen LogP contribution in [0.15, 0.2) is 6.07 Å². The standard InChI is InChI=1S/C13H21N3O2/c1-5-11-8-12(15-10(4)14-11)16(6-2)9-13(17)18-7-3/h8H,5-7,9H2,1-4H3. The predicted molar refractivity (Wildman–Crippen MR) is 70.7 cm³/mol. The van der Waals surface area contributed by atoms with Crippen molar-refractivity contribution in [2.75, 3.05) is 24.6 Å². The van der Waals surface area contributed by atoms with Gasteiger partial charge in [-0.3, -0.25) is 4.79 Å². The molecule has 0 saturated heterocycles. The fraction of sp³-hybridized carbons (Fsp3) is 0.615. The summed E-state index contributed by atoms with van der Waals surface area (Å²) in [5.41, 5.74) is 0.986. The number of carbonyl (C=O) groups is 1. The van der Waals surface area contributed by atoms with E-state index in [2.05, 4.69) is 9.97 Å². The van der Waals surface area contributed by atoms with E-state index < -0.39 is 0 Å². The summed E-state index contributed by atoms with van der Waals surface area (Å²) < 4.78 is 4.96. The maximum Gasteiger partial charge on any atom is 0.325 e. The Kier molecular flexibility index (Phi) is 5.55. The fourth-order valence-corrected chi connectivity index (χ4v) is 1.67. The number of aromatic nitrogens is 2. The lowest BCUT2D eigenvalue weighted by atomic mass is 10.3. The summed E-state index contributed by atoms with van der Waals surface area (Å²) >= 11 is 0. The van der Waals surface area contributed by atoms with Gasteiger partial charge < -0.3 is 9.64 Å². The minimum absolute atomic E-state index is 0.226. The van der Waals surface area contributed by atoms with Gasteiger partial charge in [0.15, 0.2) is 0 Å². The summed E-state index contributed by atoms with van der Waals surface area (Å²) in [5.74, 6) is 1.29. The van der Waals surface area contributed by atoms with Gasteiger partial charge in [0, 0.05) is 18.3 Å². The molecule has 0 aromatic carbocycles. The topological polar surface area (TPSA) is 55.3 Å². The second-order valence-corrected chi connectivity index (χ2v) is 3.94. The van der Waals surface area contributed by atoms with E-state index in [4.69, 9.17) is 4.74 Å². The van der Waals surface area contributed by atoms with Crippen molar-refractivity contribution < 1.29 is 9.53 Å². The van der Waals surface area contributed by atoms with Crippen LogP contribution in [0, 0.1) is 6.92 Å². The zero-order valence-corrected chi connectivity index (χ0v) is 11.6. The summed E-state index contributed by atoms with van der Waals surface area (Å²) in [6.45, 7) is 9.04. The van der Waals surface area contributed by atoms with Crippen LogP contribution in [-0.4, -0.2) is 35.6 Å². The number of carbonyl (C=O) groups excluding carboxylic acids is 1. The number of ether oxygens (including phenoxy) is 1. The Hall–Kier alpha value is -1.65. The first-order valence-electron chi connectivity index (χ1n) is 6.35. The molecule has 0 fully saturated rings. The highest BCUT2D eigenvalue weighted by Gasteiger charge is 2.13. The molecule has 0 spiro atoms. The van der Waals surface area contributed by atoms with Crippen molar-refractivity contribution in [1.82, 2.24) is 9.97 Å². The van der Waals surface area contributed by atoms with E-state index in [1.165, 1.54) is 0 Å². The van der Waals surface area contributed by atoms with Crippen LogP contribution in [0.3, 0.4) is 0 Å². The van der Waals surface area contributed by atoms with Crippen molar-refractivity contribution >= 4 is 11.8 Å². The molecular weight excluding hydrogens is 230 g/mol.